The molecule has 2 heterocycles. The van der Waals surface area contributed by atoms with Gasteiger partial charge in [0.1, 0.15) is 11.3 Å². The van der Waals surface area contributed by atoms with Gasteiger partial charge in [0.25, 0.3) is 0 Å². The van der Waals surface area contributed by atoms with Gasteiger partial charge < -0.3 is 14.5 Å². The maximum atomic E-state index is 10.3. The van der Waals surface area contributed by atoms with Crippen LogP contribution in [0, 0.1) is 0 Å². The van der Waals surface area contributed by atoms with Crippen molar-refractivity contribution in [2.24, 2.45) is 0 Å². The summed E-state index contributed by atoms with van der Waals surface area (Å²) in [5.41, 5.74) is 4.68. The number of aromatic nitrogens is 3. The van der Waals surface area contributed by atoms with Gasteiger partial charge in [0, 0.05) is 5.39 Å². The molecule has 0 radical (unpaired) electrons. The largest absolute Gasteiger partial charge is 0.389 e. The molecular formula is C16H20N4O2. The molecule has 0 spiro atoms. The monoisotopic (exact) mass is 300 g/mol. The van der Waals surface area contributed by atoms with E-state index in [4.69, 9.17) is 4.84 Å². The summed E-state index contributed by atoms with van der Waals surface area (Å²) in [5.74, 6) is 0.803. The number of hydroxylamine groups is 1. The predicted molar refractivity (Wildman–Crippen MR) is 85.2 cm³/mol. The van der Waals surface area contributed by atoms with Crippen molar-refractivity contribution in [2.45, 2.75) is 32.5 Å². The lowest BCUT2D eigenvalue weighted by molar-refractivity contribution is 0.0581. The smallest absolute Gasteiger partial charge is 0.126 e. The molecule has 22 heavy (non-hydrogen) atoms. The van der Waals surface area contributed by atoms with Crippen molar-refractivity contribution in [1.82, 2.24) is 20.0 Å². The minimum absolute atomic E-state index is 0.443. The standard InChI is InChI=1S/C16H20N4O2/c1-16(2,21)10-20-14(9-18-22-3)19-13-8-17-12-7-5-4-6-11(12)15(13)20/h4-8,18,21H,9-10H2,1-3H3. The van der Waals surface area contributed by atoms with Gasteiger partial charge in [-0.1, -0.05) is 18.2 Å². The molecule has 0 atom stereocenters. The number of hydrogen-bond acceptors (Lipinski definition) is 5. The second kappa shape index (κ2) is 5.64. The number of imidazole rings is 1. The first-order chi connectivity index (χ1) is 10.5. The highest BCUT2D eigenvalue weighted by molar-refractivity contribution is 6.02. The highest BCUT2D eigenvalue weighted by atomic mass is 16.6. The normalized spacial score (nSPS) is 12.4. The Kier molecular flexibility index (Phi) is 3.82. The lowest BCUT2D eigenvalue weighted by Crippen LogP contribution is -2.28. The summed E-state index contributed by atoms with van der Waals surface area (Å²) >= 11 is 0. The quantitative estimate of drug-likeness (QED) is 0.705. The number of fused-ring (bicyclic) bond motifs is 3. The van der Waals surface area contributed by atoms with Crippen LogP contribution in [0.4, 0.5) is 0 Å². The van der Waals surface area contributed by atoms with Gasteiger partial charge in [-0.2, -0.15) is 5.48 Å². The first kappa shape index (κ1) is 14.9. The van der Waals surface area contributed by atoms with Gasteiger partial charge in [-0.3, -0.25) is 4.98 Å². The highest BCUT2D eigenvalue weighted by Gasteiger charge is 2.20. The molecule has 0 saturated carbocycles. The molecule has 3 rings (SSSR count). The van der Waals surface area contributed by atoms with Crippen molar-refractivity contribution in [2.75, 3.05) is 7.11 Å². The molecule has 2 N–H and O–H groups in total. The minimum atomic E-state index is -0.847. The number of aliphatic hydroxyl groups is 1. The molecule has 6 heteroatoms. The fourth-order valence-corrected chi connectivity index (χ4v) is 2.64. The molecule has 2 aromatic heterocycles. The minimum Gasteiger partial charge on any atom is -0.389 e. The predicted octanol–water partition coefficient (Wildman–Crippen LogP) is 2.01. The van der Waals surface area contributed by atoms with Crippen molar-refractivity contribution in [3.63, 3.8) is 0 Å². The summed E-state index contributed by atoms with van der Waals surface area (Å²) in [6, 6.07) is 7.95. The first-order valence-corrected chi connectivity index (χ1v) is 7.21. The average Bonchev–Trinajstić information content (AvgIpc) is 2.81. The number of para-hydroxylation sites is 1. The van der Waals surface area contributed by atoms with Crippen LogP contribution in [0.2, 0.25) is 0 Å². The van der Waals surface area contributed by atoms with Crippen LogP contribution in [0.5, 0.6) is 0 Å². The van der Waals surface area contributed by atoms with Gasteiger partial charge >= 0.3 is 0 Å². The molecule has 116 valence electrons. The molecule has 0 saturated heterocycles. The Morgan fingerprint density at radius 2 is 2.05 bits per heavy atom. The summed E-state index contributed by atoms with van der Waals surface area (Å²) in [5, 5.41) is 11.3. The summed E-state index contributed by atoms with van der Waals surface area (Å²) in [7, 11) is 1.57. The maximum Gasteiger partial charge on any atom is 0.126 e. The highest BCUT2D eigenvalue weighted by Crippen LogP contribution is 2.26. The van der Waals surface area contributed by atoms with Gasteiger partial charge in [0.15, 0.2) is 0 Å². The number of nitrogens with zero attached hydrogens (tertiary/aromatic N) is 3. The number of pyridine rings is 1. The summed E-state index contributed by atoms with van der Waals surface area (Å²) in [6.07, 6.45) is 1.77. The molecule has 0 bridgehead atoms. The van der Waals surface area contributed by atoms with E-state index < -0.39 is 5.60 Å². The maximum absolute atomic E-state index is 10.3. The van der Waals surface area contributed by atoms with Crippen LogP contribution in [0.3, 0.4) is 0 Å². The molecule has 0 aliphatic rings. The van der Waals surface area contributed by atoms with E-state index in [2.05, 4.69) is 15.4 Å². The third kappa shape index (κ3) is 2.81. The van der Waals surface area contributed by atoms with Crippen LogP contribution in [-0.2, 0) is 17.9 Å². The van der Waals surface area contributed by atoms with E-state index in [1.165, 1.54) is 0 Å². The van der Waals surface area contributed by atoms with E-state index in [-0.39, 0.29) is 0 Å². The fraction of sp³-hybridized carbons (Fsp3) is 0.375. The lowest BCUT2D eigenvalue weighted by atomic mass is 10.1. The Hall–Kier alpha value is -2.02. The van der Waals surface area contributed by atoms with Crippen molar-refractivity contribution in [3.05, 3.63) is 36.3 Å². The number of nitrogens with one attached hydrogen (secondary N) is 1. The van der Waals surface area contributed by atoms with Gasteiger partial charge in [-0.25, -0.2) is 4.98 Å². The molecule has 0 aliphatic carbocycles. The topological polar surface area (TPSA) is 72.2 Å². The van der Waals surface area contributed by atoms with E-state index in [9.17, 15) is 5.11 Å². The van der Waals surface area contributed by atoms with Gasteiger partial charge in [-0.15, -0.1) is 0 Å². The van der Waals surface area contributed by atoms with Crippen LogP contribution < -0.4 is 5.48 Å². The van der Waals surface area contributed by atoms with E-state index in [0.717, 1.165) is 27.8 Å². The zero-order valence-electron chi connectivity index (χ0n) is 13.0. The molecule has 6 nitrogen and oxygen atoms in total. The number of hydrogen-bond donors (Lipinski definition) is 2. The molecule has 0 unspecified atom stereocenters. The second-order valence-electron chi connectivity index (χ2n) is 5.96. The van der Waals surface area contributed by atoms with Crippen molar-refractivity contribution >= 4 is 21.9 Å². The zero-order valence-corrected chi connectivity index (χ0v) is 13.0. The van der Waals surface area contributed by atoms with E-state index in [1.54, 1.807) is 27.2 Å². The summed E-state index contributed by atoms with van der Waals surface area (Å²) in [4.78, 5) is 14.0. The zero-order chi connectivity index (χ0) is 15.7. The van der Waals surface area contributed by atoms with Gasteiger partial charge in [0.05, 0.1) is 43.0 Å². The van der Waals surface area contributed by atoms with Crippen LogP contribution in [0.25, 0.3) is 21.9 Å². The van der Waals surface area contributed by atoms with Gasteiger partial charge in [0.2, 0.25) is 0 Å². The molecule has 0 amide bonds. The third-order valence-corrected chi connectivity index (χ3v) is 3.48. The summed E-state index contributed by atoms with van der Waals surface area (Å²) < 4.78 is 2.03. The van der Waals surface area contributed by atoms with E-state index in [1.807, 2.05) is 28.8 Å². The molecule has 3 aromatic rings. The van der Waals surface area contributed by atoms with Gasteiger partial charge in [-0.05, 0) is 19.9 Å². The van der Waals surface area contributed by atoms with E-state index >= 15 is 0 Å². The Morgan fingerprint density at radius 1 is 1.27 bits per heavy atom. The Labute approximate surface area is 128 Å². The fourth-order valence-electron chi connectivity index (χ4n) is 2.64. The van der Waals surface area contributed by atoms with Crippen LogP contribution in [0.15, 0.2) is 30.5 Å². The van der Waals surface area contributed by atoms with Crippen LogP contribution in [0.1, 0.15) is 19.7 Å². The second-order valence-corrected chi connectivity index (χ2v) is 5.96. The number of benzene rings is 1. The van der Waals surface area contributed by atoms with Crippen molar-refractivity contribution in [3.8, 4) is 0 Å². The molecule has 0 aliphatic heterocycles. The van der Waals surface area contributed by atoms with Crippen LogP contribution >= 0.6 is 0 Å². The third-order valence-electron chi connectivity index (χ3n) is 3.48. The van der Waals surface area contributed by atoms with Crippen molar-refractivity contribution < 1.29 is 9.94 Å². The Morgan fingerprint density at radius 3 is 2.77 bits per heavy atom. The Bertz CT molecular complexity index is 805. The average molecular weight is 300 g/mol. The lowest BCUT2D eigenvalue weighted by Gasteiger charge is -2.20. The molecular weight excluding hydrogens is 280 g/mol. The molecule has 1 aromatic carbocycles. The Balaban J connectivity index is 2.26. The van der Waals surface area contributed by atoms with E-state index in [0.29, 0.717) is 13.1 Å². The summed E-state index contributed by atoms with van der Waals surface area (Å²) in [6.45, 7) is 4.47. The number of rotatable bonds is 5. The SMILES string of the molecule is CONCc1nc2cnc3ccccc3c2n1CC(C)(C)O. The first-order valence-electron chi connectivity index (χ1n) is 7.21. The van der Waals surface area contributed by atoms with Crippen molar-refractivity contribution in [1.29, 1.82) is 0 Å². The molecule has 0 fully saturated rings. The van der Waals surface area contributed by atoms with Crippen LogP contribution in [-0.4, -0.2) is 32.4 Å².